The second kappa shape index (κ2) is 8.05. The Morgan fingerprint density at radius 3 is 2.48 bits per heavy atom. The van der Waals surface area contributed by atoms with E-state index in [1.165, 1.54) is 23.1 Å². The summed E-state index contributed by atoms with van der Waals surface area (Å²) >= 11 is 0. The summed E-state index contributed by atoms with van der Waals surface area (Å²) in [6.07, 6.45) is 0. The maximum Gasteiger partial charge on any atom is 0.241 e. The number of sulfonamides is 1. The van der Waals surface area contributed by atoms with Gasteiger partial charge in [0.05, 0.1) is 30.7 Å². The van der Waals surface area contributed by atoms with Crippen LogP contribution in [-0.4, -0.2) is 41.3 Å². The van der Waals surface area contributed by atoms with Crippen LogP contribution in [0.1, 0.15) is 11.6 Å². The molecule has 1 saturated heterocycles. The Labute approximate surface area is 147 Å². The lowest BCUT2D eigenvalue weighted by Gasteiger charge is -2.28. The van der Waals surface area contributed by atoms with Gasteiger partial charge in [0, 0.05) is 0 Å². The molecule has 0 saturated carbocycles. The van der Waals surface area contributed by atoms with Crippen LogP contribution in [0.2, 0.25) is 0 Å². The van der Waals surface area contributed by atoms with Crippen LogP contribution in [0.25, 0.3) is 0 Å². The first-order valence-corrected chi connectivity index (χ1v) is 9.77. The van der Waals surface area contributed by atoms with Crippen LogP contribution >= 0.6 is 0 Å². The fraction of sp³-hybridized carbons (Fsp3) is 0.333. The summed E-state index contributed by atoms with van der Waals surface area (Å²) in [6.45, 7) is 3.64. The summed E-state index contributed by atoms with van der Waals surface area (Å²) in [5, 5.41) is 0. The molecule has 1 aliphatic rings. The molecular formula is C18H22FN2O3S+. The Morgan fingerprint density at radius 1 is 1.08 bits per heavy atom. The van der Waals surface area contributed by atoms with Crippen molar-refractivity contribution in [1.82, 2.24) is 4.72 Å². The topological polar surface area (TPSA) is 59.8 Å². The molecule has 1 fully saturated rings. The average molecular weight is 365 g/mol. The zero-order valence-corrected chi connectivity index (χ0v) is 14.6. The van der Waals surface area contributed by atoms with E-state index in [0.717, 1.165) is 24.7 Å². The number of hydrogen-bond acceptors (Lipinski definition) is 3. The number of quaternary nitrogens is 1. The molecule has 0 radical (unpaired) electrons. The number of hydrogen-bond donors (Lipinski definition) is 2. The number of morpholine rings is 1. The molecule has 1 heterocycles. The molecule has 134 valence electrons. The molecular weight excluding hydrogens is 343 g/mol. The minimum absolute atomic E-state index is 0.0644. The lowest BCUT2D eigenvalue weighted by atomic mass is 10.1. The first-order valence-electron chi connectivity index (χ1n) is 8.29. The van der Waals surface area contributed by atoms with E-state index in [2.05, 4.69) is 4.72 Å². The lowest BCUT2D eigenvalue weighted by Crippen LogP contribution is -3.14. The molecule has 2 aromatic carbocycles. The Bertz CT molecular complexity index is 793. The van der Waals surface area contributed by atoms with Gasteiger partial charge in [0.25, 0.3) is 0 Å². The molecule has 2 N–H and O–H groups in total. The van der Waals surface area contributed by atoms with Gasteiger partial charge in [0.1, 0.15) is 18.9 Å². The number of rotatable bonds is 6. The van der Waals surface area contributed by atoms with Crippen molar-refractivity contribution in [3.05, 3.63) is 66.0 Å². The number of ether oxygens (including phenoxy) is 1. The van der Waals surface area contributed by atoms with Gasteiger partial charge < -0.3 is 9.64 Å². The fourth-order valence-corrected chi connectivity index (χ4v) is 4.21. The minimum atomic E-state index is -3.82. The summed E-state index contributed by atoms with van der Waals surface area (Å²) in [5.41, 5.74) is 0.890. The van der Waals surface area contributed by atoms with Crippen molar-refractivity contribution in [2.24, 2.45) is 0 Å². The SMILES string of the molecule is O=S(=O)(N[C@H](C[NH+]1CCOCC1)c1ccccc1)c1cccc(F)c1. The largest absolute Gasteiger partial charge is 0.370 e. The van der Waals surface area contributed by atoms with E-state index in [4.69, 9.17) is 4.74 Å². The Hall–Kier alpha value is -1.80. The molecule has 0 aromatic heterocycles. The van der Waals surface area contributed by atoms with E-state index in [1.54, 1.807) is 0 Å². The smallest absolute Gasteiger partial charge is 0.241 e. The third-order valence-corrected chi connectivity index (χ3v) is 5.77. The number of nitrogens with one attached hydrogen (secondary N) is 2. The molecule has 0 bridgehead atoms. The fourth-order valence-electron chi connectivity index (χ4n) is 2.96. The number of benzene rings is 2. The van der Waals surface area contributed by atoms with Crippen molar-refractivity contribution >= 4 is 10.0 Å². The van der Waals surface area contributed by atoms with Crippen LogP contribution < -0.4 is 9.62 Å². The van der Waals surface area contributed by atoms with Crippen LogP contribution in [-0.2, 0) is 14.8 Å². The van der Waals surface area contributed by atoms with Crippen LogP contribution in [0, 0.1) is 5.82 Å². The summed E-state index contributed by atoms with van der Waals surface area (Å²) in [4.78, 5) is 1.22. The van der Waals surface area contributed by atoms with Crippen molar-refractivity contribution in [1.29, 1.82) is 0 Å². The van der Waals surface area contributed by atoms with Gasteiger partial charge >= 0.3 is 0 Å². The van der Waals surface area contributed by atoms with Gasteiger partial charge in [-0.1, -0.05) is 36.4 Å². The van der Waals surface area contributed by atoms with E-state index in [0.29, 0.717) is 19.8 Å². The molecule has 25 heavy (non-hydrogen) atoms. The minimum Gasteiger partial charge on any atom is -0.370 e. The van der Waals surface area contributed by atoms with Crippen LogP contribution in [0.5, 0.6) is 0 Å². The van der Waals surface area contributed by atoms with E-state index < -0.39 is 15.8 Å². The zero-order chi connectivity index (χ0) is 17.7. The maximum absolute atomic E-state index is 13.4. The van der Waals surface area contributed by atoms with Crippen LogP contribution in [0.15, 0.2) is 59.5 Å². The standard InChI is InChI=1S/C18H21FN2O3S/c19-16-7-4-8-17(13-16)25(22,23)20-18(15-5-2-1-3-6-15)14-21-9-11-24-12-10-21/h1-8,13,18,20H,9-12,14H2/p+1/t18-/m1/s1. The monoisotopic (exact) mass is 365 g/mol. The quantitative estimate of drug-likeness (QED) is 0.795. The highest BCUT2D eigenvalue weighted by Gasteiger charge is 2.26. The molecule has 5 nitrogen and oxygen atoms in total. The molecule has 1 atom stereocenters. The van der Waals surface area contributed by atoms with Crippen LogP contribution in [0.3, 0.4) is 0 Å². The Morgan fingerprint density at radius 2 is 1.80 bits per heavy atom. The van der Waals surface area contributed by atoms with Crippen molar-refractivity contribution in [2.75, 3.05) is 32.8 Å². The van der Waals surface area contributed by atoms with Gasteiger partial charge in [-0.25, -0.2) is 12.8 Å². The molecule has 7 heteroatoms. The molecule has 2 aromatic rings. The van der Waals surface area contributed by atoms with Gasteiger partial charge in [-0.3, -0.25) is 0 Å². The van der Waals surface area contributed by atoms with Crippen molar-refractivity contribution in [2.45, 2.75) is 10.9 Å². The highest BCUT2D eigenvalue weighted by Crippen LogP contribution is 2.17. The van der Waals surface area contributed by atoms with Gasteiger partial charge in [0.15, 0.2) is 0 Å². The number of halogens is 1. The third-order valence-electron chi connectivity index (χ3n) is 4.30. The molecule has 0 aliphatic carbocycles. The van der Waals surface area contributed by atoms with E-state index in [9.17, 15) is 12.8 Å². The normalized spacial score (nSPS) is 17.3. The first-order chi connectivity index (χ1) is 12.0. The summed E-state index contributed by atoms with van der Waals surface area (Å²) < 4.78 is 46.9. The van der Waals surface area contributed by atoms with E-state index >= 15 is 0 Å². The van der Waals surface area contributed by atoms with Crippen molar-refractivity contribution < 1.29 is 22.4 Å². The third kappa shape index (κ3) is 4.85. The lowest BCUT2D eigenvalue weighted by molar-refractivity contribution is -0.909. The summed E-state index contributed by atoms with van der Waals surface area (Å²) in [7, 11) is -3.82. The van der Waals surface area contributed by atoms with Gasteiger partial charge in [0.2, 0.25) is 10.0 Å². The zero-order valence-electron chi connectivity index (χ0n) is 13.8. The molecule has 1 aliphatic heterocycles. The predicted octanol–water partition coefficient (Wildman–Crippen LogP) is 0.760. The Balaban J connectivity index is 1.83. The van der Waals surface area contributed by atoms with Crippen LogP contribution in [0.4, 0.5) is 4.39 Å². The second-order valence-corrected chi connectivity index (χ2v) is 7.82. The summed E-state index contributed by atoms with van der Waals surface area (Å²) in [6, 6.07) is 14.1. The van der Waals surface area contributed by atoms with Crippen molar-refractivity contribution in [3.63, 3.8) is 0 Å². The van der Waals surface area contributed by atoms with E-state index in [1.807, 2.05) is 30.3 Å². The molecule has 0 unspecified atom stereocenters. The molecule has 0 spiro atoms. The highest BCUT2D eigenvalue weighted by molar-refractivity contribution is 7.89. The highest BCUT2D eigenvalue weighted by atomic mass is 32.2. The molecule has 3 rings (SSSR count). The van der Waals surface area contributed by atoms with Gasteiger partial charge in [-0.2, -0.15) is 4.72 Å². The van der Waals surface area contributed by atoms with Crippen molar-refractivity contribution in [3.8, 4) is 0 Å². The second-order valence-electron chi connectivity index (χ2n) is 6.11. The van der Waals surface area contributed by atoms with E-state index in [-0.39, 0.29) is 10.9 Å². The summed E-state index contributed by atoms with van der Waals surface area (Å²) in [5.74, 6) is -0.571. The average Bonchev–Trinajstić information content (AvgIpc) is 2.63. The van der Waals surface area contributed by atoms with Gasteiger partial charge in [-0.05, 0) is 23.8 Å². The predicted molar refractivity (Wildman–Crippen MR) is 92.3 cm³/mol. The van der Waals surface area contributed by atoms with Gasteiger partial charge in [-0.15, -0.1) is 0 Å². The first kappa shape index (κ1) is 18.0. The maximum atomic E-state index is 13.4. The Kier molecular flexibility index (Phi) is 5.80. The molecule has 0 amide bonds.